The van der Waals surface area contributed by atoms with Gasteiger partial charge >= 0.3 is 6.03 Å². The summed E-state index contributed by atoms with van der Waals surface area (Å²) in [6.45, 7) is 0. The lowest BCUT2D eigenvalue weighted by Crippen LogP contribution is -2.24. The monoisotopic (exact) mass is 367 g/mol. The van der Waals surface area contributed by atoms with E-state index >= 15 is 0 Å². The summed E-state index contributed by atoms with van der Waals surface area (Å²) in [6, 6.07) is 5.08. The highest BCUT2D eigenvalue weighted by Gasteiger charge is 2.00. The maximum absolute atomic E-state index is 10.3. The van der Waals surface area contributed by atoms with Crippen molar-refractivity contribution in [1.82, 2.24) is 5.43 Å². The van der Waals surface area contributed by atoms with Crippen LogP contribution in [0, 0.1) is 3.57 Å². The Morgan fingerprint density at radius 3 is 2.93 bits per heavy atom. The molecule has 1 aromatic rings. The van der Waals surface area contributed by atoms with Crippen LogP contribution >= 0.6 is 38.5 Å². The summed E-state index contributed by atoms with van der Waals surface area (Å²) >= 11 is 5.55. The van der Waals surface area contributed by atoms with Crippen LogP contribution in [0.1, 0.15) is 5.56 Å². The standard InChI is InChI=1S/C8H7BrIN3O/c9-6-2-1-3-7(10)5(6)4-12-13-8(11)14/h1-4H,(H3,11,13,14). The van der Waals surface area contributed by atoms with Gasteiger partial charge in [0.1, 0.15) is 0 Å². The van der Waals surface area contributed by atoms with Crippen LogP contribution in [0.5, 0.6) is 0 Å². The normalized spacial score (nSPS) is 10.4. The van der Waals surface area contributed by atoms with Gasteiger partial charge in [0.25, 0.3) is 0 Å². The van der Waals surface area contributed by atoms with Crippen molar-refractivity contribution in [3.05, 3.63) is 31.8 Å². The van der Waals surface area contributed by atoms with Gasteiger partial charge in [-0.1, -0.05) is 22.0 Å². The maximum Gasteiger partial charge on any atom is 0.332 e. The Kier molecular flexibility index (Phi) is 4.33. The fourth-order valence-electron chi connectivity index (χ4n) is 0.794. The van der Waals surface area contributed by atoms with E-state index in [1.54, 1.807) is 0 Å². The summed E-state index contributed by atoms with van der Waals surface area (Å²) in [4.78, 5) is 10.3. The van der Waals surface area contributed by atoms with Crippen molar-refractivity contribution in [2.45, 2.75) is 0 Å². The quantitative estimate of drug-likeness (QED) is 0.469. The predicted molar refractivity (Wildman–Crippen MR) is 67.2 cm³/mol. The number of hydrogen-bond acceptors (Lipinski definition) is 2. The highest BCUT2D eigenvalue weighted by molar-refractivity contribution is 14.1. The molecule has 0 saturated carbocycles. The van der Waals surface area contributed by atoms with Gasteiger partial charge in [-0.3, -0.25) is 0 Å². The molecule has 0 unspecified atom stereocenters. The van der Waals surface area contributed by atoms with Crippen molar-refractivity contribution in [3.8, 4) is 0 Å². The Labute approximate surface area is 103 Å². The smallest absolute Gasteiger partial charge is 0.332 e. The van der Waals surface area contributed by atoms with E-state index < -0.39 is 6.03 Å². The topological polar surface area (TPSA) is 67.5 Å². The van der Waals surface area contributed by atoms with Crippen LogP contribution in [0.2, 0.25) is 0 Å². The van der Waals surface area contributed by atoms with Gasteiger partial charge in [0.2, 0.25) is 0 Å². The first-order chi connectivity index (χ1) is 6.61. The average molecular weight is 368 g/mol. The fraction of sp³-hybridized carbons (Fsp3) is 0. The molecular formula is C8H7BrIN3O. The van der Waals surface area contributed by atoms with E-state index in [1.165, 1.54) is 6.21 Å². The number of halogens is 2. The van der Waals surface area contributed by atoms with E-state index in [0.29, 0.717) is 0 Å². The van der Waals surface area contributed by atoms with Crippen LogP contribution in [0.25, 0.3) is 0 Å². The maximum atomic E-state index is 10.3. The Morgan fingerprint density at radius 2 is 2.36 bits per heavy atom. The predicted octanol–water partition coefficient (Wildman–Crippen LogP) is 2.06. The second-order valence-corrected chi connectivity index (χ2v) is 4.39. The van der Waals surface area contributed by atoms with Crippen LogP contribution < -0.4 is 11.2 Å². The molecule has 0 heterocycles. The summed E-state index contributed by atoms with van der Waals surface area (Å²) in [7, 11) is 0. The molecule has 0 aromatic heterocycles. The summed E-state index contributed by atoms with van der Waals surface area (Å²) in [6.07, 6.45) is 1.54. The average Bonchev–Trinajstić information content (AvgIpc) is 2.09. The Balaban J connectivity index is 2.85. The third-order valence-electron chi connectivity index (χ3n) is 1.37. The van der Waals surface area contributed by atoms with Gasteiger partial charge < -0.3 is 5.73 Å². The number of carbonyl (C=O) groups is 1. The zero-order chi connectivity index (χ0) is 10.6. The van der Waals surface area contributed by atoms with Crippen molar-refractivity contribution in [3.63, 3.8) is 0 Å². The Bertz CT molecular complexity index is 361. The first kappa shape index (κ1) is 11.4. The van der Waals surface area contributed by atoms with Crippen molar-refractivity contribution in [2.75, 3.05) is 0 Å². The molecule has 3 N–H and O–H groups in total. The molecule has 74 valence electrons. The molecule has 0 aliphatic carbocycles. The highest BCUT2D eigenvalue weighted by atomic mass is 127. The first-order valence-electron chi connectivity index (χ1n) is 3.64. The van der Waals surface area contributed by atoms with E-state index in [4.69, 9.17) is 5.73 Å². The van der Waals surface area contributed by atoms with Gasteiger partial charge in [0.05, 0.1) is 6.21 Å². The third kappa shape index (κ3) is 3.26. The molecule has 1 aromatic carbocycles. The molecule has 6 heteroatoms. The van der Waals surface area contributed by atoms with Crippen molar-refractivity contribution < 1.29 is 4.79 Å². The van der Waals surface area contributed by atoms with E-state index in [0.717, 1.165) is 13.6 Å². The highest BCUT2D eigenvalue weighted by Crippen LogP contribution is 2.19. The Morgan fingerprint density at radius 1 is 1.64 bits per heavy atom. The lowest BCUT2D eigenvalue weighted by molar-refractivity contribution is 0.249. The number of hydrogen-bond donors (Lipinski definition) is 2. The molecule has 4 nitrogen and oxygen atoms in total. The zero-order valence-corrected chi connectivity index (χ0v) is 10.7. The minimum atomic E-state index is -0.677. The lowest BCUT2D eigenvalue weighted by atomic mass is 10.2. The van der Waals surface area contributed by atoms with Crippen LogP contribution in [0.3, 0.4) is 0 Å². The van der Waals surface area contributed by atoms with Crippen molar-refractivity contribution in [1.29, 1.82) is 0 Å². The number of carbonyl (C=O) groups excluding carboxylic acids is 1. The third-order valence-corrected chi connectivity index (χ3v) is 3.00. The van der Waals surface area contributed by atoms with Crippen molar-refractivity contribution in [2.24, 2.45) is 10.8 Å². The SMILES string of the molecule is NC(=O)NN=Cc1c(Br)cccc1I. The molecule has 0 saturated heterocycles. The van der Waals surface area contributed by atoms with Gasteiger partial charge in [-0.05, 0) is 34.7 Å². The molecule has 0 spiro atoms. The Hall–Kier alpha value is -0.630. The number of nitrogens with one attached hydrogen (secondary N) is 1. The summed E-state index contributed by atoms with van der Waals surface area (Å²) < 4.78 is 1.95. The number of hydrazone groups is 1. The molecule has 0 radical (unpaired) electrons. The number of rotatable bonds is 2. The second kappa shape index (κ2) is 5.30. The van der Waals surface area contributed by atoms with Gasteiger partial charge in [-0.15, -0.1) is 0 Å². The number of primary amides is 1. The number of nitrogens with zero attached hydrogens (tertiary/aromatic N) is 1. The molecule has 0 aliphatic rings. The van der Waals surface area contributed by atoms with Gasteiger partial charge in [-0.25, -0.2) is 10.2 Å². The zero-order valence-electron chi connectivity index (χ0n) is 7.00. The van der Waals surface area contributed by atoms with E-state index in [2.05, 4.69) is 49.0 Å². The van der Waals surface area contributed by atoms with Crippen LogP contribution in [0.15, 0.2) is 27.8 Å². The van der Waals surface area contributed by atoms with Gasteiger partial charge in [-0.2, -0.15) is 5.10 Å². The minimum Gasteiger partial charge on any atom is -0.350 e. The van der Waals surface area contributed by atoms with Crippen LogP contribution in [-0.4, -0.2) is 12.2 Å². The molecule has 0 bridgehead atoms. The van der Waals surface area contributed by atoms with Gasteiger partial charge in [0.15, 0.2) is 0 Å². The number of urea groups is 1. The van der Waals surface area contributed by atoms with E-state index in [9.17, 15) is 4.79 Å². The molecule has 1 rings (SSSR count). The fourth-order valence-corrected chi connectivity index (χ4v) is 2.27. The minimum absolute atomic E-state index is 0.677. The number of benzene rings is 1. The van der Waals surface area contributed by atoms with Crippen LogP contribution in [0.4, 0.5) is 4.79 Å². The number of nitrogens with two attached hydrogens (primary N) is 1. The molecule has 14 heavy (non-hydrogen) atoms. The largest absolute Gasteiger partial charge is 0.350 e. The lowest BCUT2D eigenvalue weighted by Gasteiger charge is -2.00. The van der Waals surface area contributed by atoms with E-state index in [1.807, 2.05) is 18.2 Å². The second-order valence-electron chi connectivity index (χ2n) is 2.37. The molecule has 0 atom stereocenters. The summed E-state index contributed by atoms with van der Waals surface area (Å²) in [5.41, 5.74) is 7.89. The molecule has 0 aliphatic heterocycles. The van der Waals surface area contributed by atoms with E-state index in [-0.39, 0.29) is 0 Å². The molecular weight excluding hydrogens is 361 g/mol. The van der Waals surface area contributed by atoms with Crippen LogP contribution in [-0.2, 0) is 0 Å². The van der Waals surface area contributed by atoms with Gasteiger partial charge in [0, 0.05) is 13.6 Å². The molecule has 0 fully saturated rings. The summed E-state index contributed by atoms with van der Waals surface area (Å²) in [5, 5.41) is 3.68. The summed E-state index contributed by atoms with van der Waals surface area (Å²) in [5.74, 6) is 0. The number of amides is 2. The molecule has 2 amide bonds. The first-order valence-corrected chi connectivity index (χ1v) is 5.51. The van der Waals surface area contributed by atoms with Crippen molar-refractivity contribution >= 4 is 50.8 Å².